The lowest BCUT2D eigenvalue weighted by Crippen LogP contribution is -2.13. The Bertz CT molecular complexity index is 1190. The summed E-state index contributed by atoms with van der Waals surface area (Å²) in [5.41, 5.74) is 1.33. The zero-order chi connectivity index (χ0) is 21.5. The van der Waals surface area contributed by atoms with E-state index in [4.69, 9.17) is 14.4 Å². The molecule has 0 radical (unpaired) electrons. The number of nitriles is 2. The van der Waals surface area contributed by atoms with Crippen LogP contribution in [0.4, 0.5) is 5.00 Å². The zero-order valence-electron chi connectivity index (χ0n) is 15.8. The van der Waals surface area contributed by atoms with Gasteiger partial charge in [0.05, 0.1) is 17.7 Å². The maximum absolute atomic E-state index is 12.4. The Morgan fingerprint density at radius 3 is 2.60 bits per heavy atom. The van der Waals surface area contributed by atoms with E-state index in [2.05, 4.69) is 5.32 Å². The standard InChI is InChI=1S/C22H15N3O4S/c1-2-28-22(27)15-5-3-14(4-6-15)19-8-7-18(29-19)11-17(13-24)20(26)25-21-16(12-23)9-10-30-21/h3-11H,2H2,1H3,(H,25,26). The first-order chi connectivity index (χ1) is 14.5. The molecule has 7 nitrogen and oxygen atoms in total. The minimum absolute atomic E-state index is 0.161. The van der Waals surface area contributed by atoms with Gasteiger partial charge >= 0.3 is 5.97 Å². The summed E-state index contributed by atoms with van der Waals surface area (Å²) in [5, 5.41) is 23.0. The van der Waals surface area contributed by atoms with E-state index in [0.29, 0.717) is 34.3 Å². The van der Waals surface area contributed by atoms with Gasteiger partial charge < -0.3 is 14.5 Å². The summed E-state index contributed by atoms with van der Waals surface area (Å²) in [6.07, 6.45) is 1.32. The van der Waals surface area contributed by atoms with Crippen molar-refractivity contribution < 1.29 is 18.7 Å². The number of anilines is 1. The minimum Gasteiger partial charge on any atom is -0.462 e. The smallest absolute Gasteiger partial charge is 0.338 e. The molecular weight excluding hydrogens is 402 g/mol. The number of thiophene rings is 1. The van der Waals surface area contributed by atoms with Crippen molar-refractivity contribution in [1.82, 2.24) is 0 Å². The molecule has 0 unspecified atom stereocenters. The highest BCUT2D eigenvalue weighted by Crippen LogP contribution is 2.25. The highest BCUT2D eigenvalue weighted by molar-refractivity contribution is 7.14. The van der Waals surface area contributed by atoms with E-state index in [1.807, 2.05) is 12.1 Å². The Labute approximate surface area is 176 Å². The first kappa shape index (κ1) is 20.6. The third-order valence-corrected chi connectivity index (χ3v) is 4.80. The van der Waals surface area contributed by atoms with Crippen molar-refractivity contribution >= 4 is 34.3 Å². The van der Waals surface area contributed by atoms with Crippen LogP contribution in [0.15, 0.2) is 57.8 Å². The first-order valence-corrected chi connectivity index (χ1v) is 9.71. The molecule has 0 atom stereocenters. The van der Waals surface area contributed by atoms with E-state index < -0.39 is 11.9 Å². The van der Waals surface area contributed by atoms with Crippen molar-refractivity contribution in [1.29, 1.82) is 10.5 Å². The zero-order valence-corrected chi connectivity index (χ0v) is 16.7. The highest BCUT2D eigenvalue weighted by Gasteiger charge is 2.14. The third kappa shape index (κ3) is 4.64. The number of hydrogen-bond acceptors (Lipinski definition) is 7. The number of amides is 1. The molecule has 2 aromatic heterocycles. The molecule has 0 fully saturated rings. The molecule has 0 aliphatic rings. The second kappa shape index (κ2) is 9.37. The molecule has 0 bridgehead atoms. The van der Waals surface area contributed by atoms with Crippen molar-refractivity contribution in [3.05, 3.63) is 70.3 Å². The van der Waals surface area contributed by atoms with Gasteiger partial charge in [0, 0.05) is 11.6 Å². The topological polar surface area (TPSA) is 116 Å². The lowest BCUT2D eigenvalue weighted by Gasteiger charge is -2.02. The summed E-state index contributed by atoms with van der Waals surface area (Å²) < 4.78 is 10.7. The lowest BCUT2D eigenvalue weighted by molar-refractivity contribution is -0.112. The predicted molar refractivity (Wildman–Crippen MR) is 111 cm³/mol. The minimum atomic E-state index is -0.631. The molecule has 1 amide bonds. The fraction of sp³-hybridized carbons (Fsp3) is 0.0909. The van der Waals surface area contributed by atoms with Crippen LogP contribution >= 0.6 is 11.3 Å². The lowest BCUT2D eigenvalue weighted by atomic mass is 10.1. The molecule has 1 aromatic carbocycles. The van der Waals surface area contributed by atoms with Gasteiger partial charge in [-0.3, -0.25) is 4.79 Å². The average molecular weight is 417 g/mol. The maximum Gasteiger partial charge on any atom is 0.338 e. The number of nitrogens with one attached hydrogen (secondary N) is 1. The summed E-state index contributed by atoms with van der Waals surface area (Å²) in [7, 11) is 0. The van der Waals surface area contributed by atoms with Crippen LogP contribution in [0.1, 0.15) is 28.6 Å². The normalized spacial score (nSPS) is 10.7. The molecule has 0 aliphatic heterocycles. The van der Waals surface area contributed by atoms with Crippen molar-refractivity contribution in [3.8, 4) is 23.5 Å². The van der Waals surface area contributed by atoms with Crippen LogP contribution in [0.3, 0.4) is 0 Å². The molecule has 2 heterocycles. The van der Waals surface area contributed by atoms with E-state index in [1.165, 1.54) is 17.4 Å². The van der Waals surface area contributed by atoms with Crippen molar-refractivity contribution in [2.45, 2.75) is 6.92 Å². The number of esters is 1. The molecule has 1 N–H and O–H groups in total. The number of furan rings is 1. The van der Waals surface area contributed by atoms with Gasteiger partial charge in [0.1, 0.15) is 34.2 Å². The van der Waals surface area contributed by atoms with Crippen LogP contribution in [0.25, 0.3) is 17.4 Å². The van der Waals surface area contributed by atoms with Crippen molar-refractivity contribution in [3.63, 3.8) is 0 Å². The fourth-order valence-electron chi connectivity index (χ4n) is 2.53. The number of ether oxygens (including phenoxy) is 1. The number of rotatable bonds is 6. The third-order valence-electron chi connectivity index (χ3n) is 3.97. The van der Waals surface area contributed by atoms with Crippen LogP contribution < -0.4 is 5.32 Å². The molecule has 0 saturated heterocycles. The van der Waals surface area contributed by atoms with Crippen LogP contribution in [-0.4, -0.2) is 18.5 Å². The van der Waals surface area contributed by atoms with Gasteiger partial charge in [0.25, 0.3) is 5.91 Å². The number of nitrogens with zero attached hydrogens (tertiary/aromatic N) is 2. The Hall–Kier alpha value is -4.14. The van der Waals surface area contributed by atoms with E-state index in [1.54, 1.807) is 54.8 Å². The van der Waals surface area contributed by atoms with Crippen LogP contribution in [0, 0.1) is 22.7 Å². The van der Waals surface area contributed by atoms with Gasteiger partial charge in [0.15, 0.2) is 0 Å². The summed E-state index contributed by atoms with van der Waals surface area (Å²) in [6.45, 7) is 2.04. The quantitative estimate of drug-likeness (QED) is 0.356. The Kier molecular flexibility index (Phi) is 6.43. The molecule has 0 spiro atoms. The molecule has 0 aliphatic carbocycles. The first-order valence-electron chi connectivity index (χ1n) is 8.83. The highest BCUT2D eigenvalue weighted by atomic mass is 32.1. The van der Waals surface area contributed by atoms with Gasteiger partial charge in [-0.1, -0.05) is 12.1 Å². The van der Waals surface area contributed by atoms with Gasteiger partial charge in [-0.25, -0.2) is 4.79 Å². The Morgan fingerprint density at radius 1 is 1.17 bits per heavy atom. The number of carbonyl (C=O) groups is 2. The second-order valence-corrected chi connectivity index (χ2v) is 6.82. The number of carbonyl (C=O) groups excluding carboxylic acids is 2. The fourth-order valence-corrected chi connectivity index (χ4v) is 3.26. The molecule has 3 rings (SSSR count). The molecule has 0 saturated carbocycles. The average Bonchev–Trinajstić information content (AvgIpc) is 3.41. The van der Waals surface area contributed by atoms with E-state index in [0.717, 1.165) is 5.56 Å². The Balaban J connectivity index is 1.76. The van der Waals surface area contributed by atoms with Crippen LogP contribution in [0.2, 0.25) is 0 Å². The van der Waals surface area contributed by atoms with Crippen LogP contribution in [-0.2, 0) is 9.53 Å². The molecule has 30 heavy (non-hydrogen) atoms. The number of benzene rings is 1. The van der Waals surface area contributed by atoms with Gasteiger partial charge in [-0.15, -0.1) is 11.3 Å². The Morgan fingerprint density at radius 2 is 1.93 bits per heavy atom. The van der Waals surface area contributed by atoms with Gasteiger partial charge in [0.2, 0.25) is 0 Å². The van der Waals surface area contributed by atoms with Crippen LogP contribution in [0.5, 0.6) is 0 Å². The van der Waals surface area contributed by atoms with E-state index >= 15 is 0 Å². The van der Waals surface area contributed by atoms with Gasteiger partial charge in [-0.05, 0) is 42.6 Å². The van der Waals surface area contributed by atoms with E-state index in [9.17, 15) is 14.9 Å². The summed E-state index contributed by atoms with van der Waals surface area (Å²) >= 11 is 1.20. The largest absolute Gasteiger partial charge is 0.462 e. The molecule has 8 heteroatoms. The van der Waals surface area contributed by atoms with Gasteiger partial charge in [-0.2, -0.15) is 10.5 Å². The predicted octanol–water partition coefficient (Wildman–Crippen LogP) is 4.60. The maximum atomic E-state index is 12.4. The summed E-state index contributed by atoms with van der Waals surface area (Å²) in [5.74, 6) is -0.201. The van der Waals surface area contributed by atoms with Crippen molar-refractivity contribution in [2.24, 2.45) is 0 Å². The monoisotopic (exact) mass is 417 g/mol. The molecule has 148 valence electrons. The molecular formula is C22H15N3O4S. The van der Waals surface area contributed by atoms with Crippen molar-refractivity contribution in [2.75, 3.05) is 11.9 Å². The SMILES string of the molecule is CCOC(=O)c1ccc(-c2ccc(C=C(C#N)C(=O)Nc3sccc3C#N)o2)cc1. The second-order valence-electron chi connectivity index (χ2n) is 5.90. The van der Waals surface area contributed by atoms with E-state index in [-0.39, 0.29) is 5.57 Å². The summed E-state index contributed by atoms with van der Waals surface area (Å²) in [4.78, 5) is 24.1. The summed E-state index contributed by atoms with van der Waals surface area (Å²) in [6, 6.07) is 15.4. The molecule has 3 aromatic rings. The number of hydrogen-bond donors (Lipinski definition) is 1.